The summed E-state index contributed by atoms with van der Waals surface area (Å²) in [6.07, 6.45) is 5.31. The molecular weight excluding hydrogens is 226 g/mol. The van der Waals surface area contributed by atoms with Gasteiger partial charge in [-0.3, -0.25) is 4.98 Å². The number of aliphatic hydroxyl groups is 1. The Kier molecular flexibility index (Phi) is 5.11. The van der Waals surface area contributed by atoms with Gasteiger partial charge in [0.2, 0.25) is 0 Å². The molecule has 0 bridgehead atoms. The van der Waals surface area contributed by atoms with Crippen molar-refractivity contribution in [2.75, 3.05) is 26.7 Å². The summed E-state index contributed by atoms with van der Waals surface area (Å²) in [6.45, 7) is 2.07. The zero-order valence-electron chi connectivity index (χ0n) is 11.0. The fourth-order valence-corrected chi connectivity index (χ4v) is 2.07. The fourth-order valence-electron chi connectivity index (χ4n) is 2.07. The summed E-state index contributed by atoms with van der Waals surface area (Å²) in [5, 5.41) is 12.8. The molecule has 1 aliphatic rings. The number of pyridine rings is 1. The third-order valence-corrected chi connectivity index (χ3v) is 3.28. The van der Waals surface area contributed by atoms with Gasteiger partial charge in [-0.1, -0.05) is 6.07 Å². The minimum atomic E-state index is 0.200. The van der Waals surface area contributed by atoms with Crippen molar-refractivity contribution < 1.29 is 5.11 Å². The van der Waals surface area contributed by atoms with Crippen molar-refractivity contribution in [3.63, 3.8) is 0 Å². The first-order valence-electron chi connectivity index (χ1n) is 6.73. The molecule has 1 heterocycles. The molecule has 0 amide bonds. The second-order valence-corrected chi connectivity index (χ2v) is 5.15. The number of likely N-dealkylation sites (N-methyl/N-ethyl adjacent to an activating group) is 1. The van der Waals surface area contributed by atoms with E-state index in [2.05, 4.69) is 28.3 Å². The number of nitrogens with one attached hydrogen (secondary N) is 1. The second kappa shape index (κ2) is 6.83. The summed E-state index contributed by atoms with van der Waals surface area (Å²) in [6, 6.07) is 6.86. The van der Waals surface area contributed by atoms with E-state index >= 15 is 0 Å². The van der Waals surface area contributed by atoms with Crippen LogP contribution in [0, 0.1) is 0 Å². The quantitative estimate of drug-likeness (QED) is 0.711. The van der Waals surface area contributed by atoms with E-state index in [-0.39, 0.29) is 12.6 Å². The zero-order chi connectivity index (χ0) is 12.8. The Morgan fingerprint density at radius 3 is 2.94 bits per heavy atom. The van der Waals surface area contributed by atoms with Crippen molar-refractivity contribution in [1.29, 1.82) is 0 Å². The molecule has 0 saturated heterocycles. The molecule has 1 aromatic rings. The summed E-state index contributed by atoms with van der Waals surface area (Å²) < 4.78 is 0. The van der Waals surface area contributed by atoms with Crippen LogP contribution in [0.4, 0.5) is 0 Å². The van der Waals surface area contributed by atoms with Crippen LogP contribution in [0.2, 0.25) is 0 Å². The predicted molar refractivity (Wildman–Crippen MR) is 72.5 cm³/mol. The molecule has 0 aliphatic heterocycles. The zero-order valence-corrected chi connectivity index (χ0v) is 11.0. The van der Waals surface area contributed by atoms with Crippen molar-refractivity contribution in [2.45, 2.75) is 31.3 Å². The molecule has 18 heavy (non-hydrogen) atoms. The van der Waals surface area contributed by atoms with E-state index in [1.807, 2.05) is 18.3 Å². The number of hydrogen-bond donors (Lipinski definition) is 2. The number of aliphatic hydroxyl groups excluding tert-OH is 1. The van der Waals surface area contributed by atoms with Crippen LogP contribution in [0.25, 0.3) is 0 Å². The lowest BCUT2D eigenvalue weighted by Gasteiger charge is -2.23. The van der Waals surface area contributed by atoms with Crippen molar-refractivity contribution >= 4 is 0 Å². The van der Waals surface area contributed by atoms with Gasteiger partial charge in [0.25, 0.3) is 0 Å². The van der Waals surface area contributed by atoms with Crippen molar-refractivity contribution in [3.05, 3.63) is 30.1 Å². The molecule has 0 spiro atoms. The van der Waals surface area contributed by atoms with Gasteiger partial charge in [-0.25, -0.2) is 0 Å². The minimum Gasteiger partial charge on any atom is -0.395 e. The van der Waals surface area contributed by atoms with Gasteiger partial charge >= 0.3 is 0 Å². The van der Waals surface area contributed by atoms with Gasteiger partial charge in [0.05, 0.1) is 6.61 Å². The normalized spacial score (nSPS) is 17.1. The standard InChI is InChI=1S/C14H23N3O/c1-17(9-7-12-4-2-3-8-15-12)10-14(11-18)16-13-5-6-13/h2-4,8,13-14,16,18H,5-7,9-11H2,1H3. The summed E-state index contributed by atoms with van der Waals surface area (Å²) in [4.78, 5) is 6.57. The maximum atomic E-state index is 9.34. The molecule has 100 valence electrons. The van der Waals surface area contributed by atoms with Crippen LogP contribution in [0.1, 0.15) is 18.5 Å². The number of rotatable bonds is 8. The lowest BCUT2D eigenvalue weighted by molar-refractivity contribution is 0.198. The molecule has 1 fully saturated rings. The summed E-state index contributed by atoms with van der Waals surface area (Å²) in [5.41, 5.74) is 1.13. The summed E-state index contributed by atoms with van der Waals surface area (Å²) >= 11 is 0. The van der Waals surface area contributed by atoms with E-state index in [0.717, 1.165) is 25.2 Å². The molecule has 1 saturated carbocycles. The van der Waals surface area contributed by atoms with Crippen LogP contribution >= 0.6 is 0 Å². The molecule has 1 unspecified atom stereocenters. The molecule has 1 atom stereocenters. The Bertz CT molecular complexity index is 340. The molecule has 2 N–H and O–H groups in total. The van der Waals surface area contributed by atoms with E-state index in [1.54, 1.807) is 0 Å². The highest BCUT2D eigenvalue weighted by Crippen LogP contribution is 2.19. The highest BCUT2D eigenvalue weighted by Gasteiger charge is 2.24. The van der Waals surface area contributed by atoms with Gasteiger partial charge in [0, 0.05) is 43.5 Å². The molecule has 1 aromatic heterocycles. The van der Waals surface area contributed by atoms with Crippen molar-refractivity contribution in [3.8, 4) is 0 Å². The Morgan fingerprint density at radius 2 is 2.33 bits per heavy atom. The average molecular weight is 249 g/mol. The van der Waals surface area contributed by atoms with E-state index in [9.17, 15) is 5.11 Å². The number of nitrogens with zero attached hydrogens (tertiary/aromatic N) is 2. The predicted octanol–water partition coefficient (Wildman–Crippen LogP) is 0.669. The van der Waals surface area contributed by atoms with Gasteiger partial charge in [-0.15, -0.1) is 0 Å². The van der Waals surface area contributed by atoms with Crippen LogP contribution in [-0.4, -0.2) is 53.8 Å². The summed E-state index contributed by atoms with van der Waals surface area (Å²) in [5.74, 6) is 0. The van der Waals surface area contributed by atoms with E-state index in [1.165, 1.54) is 12.8 Å². The van der Waals surface area contributed by atoms with Gasteiger partial charge in [0.1, 0.15) is 0 Å². The minimum absolute atomic E-state index is 0.200. The Balaban J connectivity index is 1.68. The first-order valence-corrected chi connectivity index (χ1v) is 6.73. The smallest absolute Gasteiger partial charge is 0.0597 e. The van der Waals surface area contributed by atoms with E-state index < -0.39 is 0 Å². The maximum Gasteiger partial charge on any atom is 0.0597 e. The van der Waals surface area contributed by atoms with Gasteiger partial charge in [-0.2, -0.15) is 0 Å². The molecule has 4 heteroatoms. The van der Waals surface area contributed by atoms with Crippen LogP contribution in [0.15, 0.2) is 24.4 Å². The van der Waals surface area contributed by atoms with Crippen LogP contribution in [0.5, 0.6) is 0 Å². The monoisotopic (exact) mass is 249 g/mol. The van der Waals surface area contributed by atoms with E-state index in [4.69, 9.17) is 0 Å². The first kappa shape index (κ1) is 13.5. The highest BCUT2D eigenvalue weighted by molar-refractivity contribution is 5.03. The SMILES string of the molecule is CN(CCc1ccccn1)CC(CO)NC1CC1. The van der Waals surface area contributed by atoms with Gasteiger partial charge in [0.15, 0.2) is 0 Å². The topological polar surface area (TPSA) is 48.4 Å². The average Bonchev–Trinajstić information content (AvgIpc) is 3.21. The maximum absolute atomic E-state index is 9.34. The van der Waals surface area contributed by atoms with Crippen molar-refractivity contribution in [2.24, 2.45) is 0 Å². The third-order valence-electron chi connectivity index (χ3n) is 3.28. The molecule has 2 rings (SSSR count). The fraction of sp³-hybridized carbons (Fsp3) is 0.643. The molecular formula is C14H23N3O. The highest BCUT2D eigenvalue weighted by atomic mass is 16.3. The molecule has 1 aliphatic carbocycles. The van der Waals surface area contributed by atoms with E-state index in [0.29, 0.717) is 6.04 Å². The summed E-state index contributed by atoms with van der Waals surface area (Å²) in [7, 11) is 2.10. The first-order chi connectivity index (χ1) is 8.78. The van der Waals surface area contributed by atoms with Crippen molar-refractivity contribution in [1.82, 2.24) is 15.2 Å². The second-order valence-electron chi connectivity index (χ2n) is 5.15. The van der Waals surface area contributed by atoms with Crippen LogP contribution in [-0.2, 0) is 6.42 Å². The molecule has 4 nitrogen and oxygen atoms in total. The van der Waals surface area contributed by atoms with Gasteiger partial charge in [-0.05, 0) is 32.0 Å². The lowest BCUT2D eigenvalue weighted by atomic mass is 10.2. The van der Waals surface area contributed by atoms with Crippen LogP contribution in [0.3, 0.4) is 0 Å². The van der Waals surface area contributed by atoms with Gasteiger partial charge < -0.3 is 15.3 Å². The Morgan fingerprint density at radius 1 is 1.50 bits per heavy atom. The Hall–Kier alpha value is -0.970. The number of hydrogen-bond acceptors (Lipinski definition) is 4. The largest absolute Gasteiger partial charge is 0.395 e. The number of aromatic nitrogens is 1. The molecule has 0 aromatic carbocycles. The van der Waals surface area contributed by atoms with Crippen LogP contribution < -0.4 is 5.32 Å². The lowest BCUT2D eigenvalue weighted by Crippen LogP contribution is -2.43. The third kappa shape index (κ3) is 4.72. The Labute approximate surface area is 109 Å². The molecule has 0 radical (unpaired) electrons.